The van der Waals surface area contributed by atoms with E-state index in [-0.39, 0.29) is 37.7 Å². The van der Waals surface area contributed by atoms with Crippen LogP contribution in [-0.4, -0.2) is 106 Å². The van der Waals surface area contributed by atoms with Gasteiger partial charge < -0.3 is 54.0 Å². The van der Waals surface area contributed by atoms with Gasteiger partial charge in [-0.2, -0.15) is 0 Å². The van der Waals surface area contributed by atoms with Gasteiger partial charge in [-0.1, -0.05) is 26.0 Å². The van der Waals surface area contributed by atoms with Gasteiger partial charge in [0, 0.05) is 19.4 Å². The van der Waals surface area contributed by atoms with Crippen molar-refractivity contribution in [2.75, 3.05) is 19.8 Å². The zero-order chi connectivity index (χ0) is 33.6. The molecule has 5 N–H and O–H groups in total. The first-order chi connectivity index (χ1) is 21.8. The summed E-state index contributed by atoms with van der Waals surface area (Å²) in [4.78, 5) is 36.2. The maximum atomic E-state index is 12.5. The Hall–Kier alpha value is -3.53. The molecule has 1 aromatic rings. The van der Waals surface area contributed by atoms with Crippen LogP contribution in [0.15, 0.2) is 42.2 Å². The van der Waals surface area contributed by atoms with Gasteiger partial charge in [-0.25, -0.2) is 4.79 Å². The summed E-state index contributed by atoms with van der Waals surface area (Å²) in [6.07, 6.45) is -4.09. The van der Waals surface area contributed by atoms with Crippen LogP contribution in [0.4, 0.5) is 0 Å². The zero-order valence-corrected chi connectivity index (χ0v) is 25.9. The number of aromatic hydroxyl groups is 1. The van der Waals surface area contributed by atoms with Gasteiger partial charge in [0.15, 0.2) is 6.29 Å². The molecule has 1 saturated carbocycles. The molecule has 1 aromatic carbocycles. The van der Waals surface area contributed by atoms with E-state index in [4.69, 9.17) is 28.4 Å². The molecule has 4 rings (SSSR count). The minimum atomic E-state index is -1.69. The Morgan fingerprint density at radius 3 is 2.43 bits per heavy atom. The predicted molar refractivity (Wildman–Crippen MR) is 157 cm³/mol. The van der Waals surface area contributed by atoms with E-state index in [0.717, 1.165) is 6.08 Å². The highest BCUT2D eigenvalue weighted by Gasteiger charge is 2.57. The molecule has 0 radical (unpaired) electrons. The quantitative estimate of drug-likeness (QED) is 0.121. The number of phenols is 1. The van der Waals surface area contributed by atoms with Gasteiger partial charge in [-0.15, -0.1) is 0 Å². The summed E-state index contributed by atoms with van der Waals surface area (Å²) in [7, 11) is 0. The lowest BCUT2D eigenvalue weighted by molar-refractivity contribution is -0.300. The number of benzene rings is 1. The Balaban J connectivity index is 1.40. The molecule has 0 amide bonds. The predicted octanol–water partition coefficient (Wildman–Crippen LogP) is 0.923. The molecule has 0 aromatic heterocycles. The van der Waals surface area contributed by atoms with Gasteiger partial charge in [0.1, 0.15) is 49.0 Å². The van der Waals surface area contributed by atoms with E-state index in [9.17, 15) is 39.9 Å². The molecule has 1 saturated heterocycles. The van der Waals surface area contributed by atoms with Crippen LogP contribution in [0.1, 0.15) is 45.6 Å². The number of rotatable bonds is 12. The van der Waals surface area contributed by atoms with E-state index in [1.165, 1.54) is 31.4 Å². The molecular weight excluding hydrogens is 608 g/mol. The van der Waals surface area contributed by atoms with E-state index >= 15 is 0 Å². The molecule has 1 aliphatic carbocycles. The second-order valence-electron chi connectivity index (χ2n) is 12.2. The van der Waals surface area contributed by atoms with Gasteiger partial charge in [0.2, 0.25) is 6.29 Å². The standard InChI is InChI=1S/C32H42O14/c1-17(2)12-25(36)46-30-26-22(10-11-32(26,40)16-44-18(3)33)20(13-42-30)14-43-31-29(39)28(38)27(37)23(45-31)15-41-24(35)9-6-19-4-7-21(34)8-5-19/h4-9,13,17,22-23,26-31,34,37-40H,10-12,14-16H2,1-3H3/b9-6-/t22-,23-,26-,27-,28+,29-,30+,31-,32+/m1/s1. The van der Waals surface area contributed by atoms with Crippen molar-refractivity contribution in [3.8, 4) is 5.75 Å². The first-order valence-electron chi connectivity index (χ1n) is 15.1. The maximum absolute atomic E-state index is 12.5. The Bertz CT molecular complexity index is 1280. The summed E-state index contributed by atoms with van der Waals surface area (Å²) in [5, 5.41) is 52.4. The number of phenolic OH excluding ortho intramolecular Hbond substituents is 1. The molecule has 46 heavy (non-hydrogen) atoms. The summed E-state index contributed by atoms with van der Waals surface area (Å²) in [6, 6.07) is 6.09. The smallest absolute Gasteiger partial charge is 0.330 e. The van der Waals surface area contributed by atoms with Crippen LogP contribution in [0.25, 0.3) is 6.08 Å². The number of hydrogen-bond donors (Lipinski definition) is 5. The lowest BCUT2D eigenvalue weighted by atomic mass is 9.81. The zero-order valence-electron chi connectivity index (χ0n) is 25.9. The lowest BCUT2D eigenvalue weighted by Gasteiger charge is -2.41. The minimum Gasteiger partial charge on any atom is -0.508 e. The number of hydrogen-bond acceptors (Lipinski definition) is 14. The van der Waals surface area contributed by atoms with Crippen LogP contribution in [-0.2, 0) is 42.8 Å². The van der Waals surface area contributed by atoms with Crippen LogP contribution >= 0.6 is 0 Å². The van der Waals surface area contributed by atoms with Crippen LogP contribution in [0, 0.1) is 17.8 Å². The number of esters is 3. The average molecular weight is 651 g/mol. The summed E-state index contributed by atoms with van der Waals surface area (Å²) in [5.41, 5.74) is -0.407. The highest BCUT2D eigenvalue weighted by molar-refractivity contribution is 5.87. The van der Waals surface area contributed by atoms with E-state index in [2.05, 4.69) is 0 Å². The SMILES string of the molecule is CC(=O)OC[C@@]1(O)CC[C@@H]2C(CO[C@@H]3O[C@H](COC(=O)/C=C\c4ccc(O)cc4)[C@@H](O)[C@H](O)[C@H]3O)=CO[C@@H](OC(=O)CC(C)C)[C@@H]21. The molecule has 0 bridgehead atoms. The van der Waals surface area contributed by atoms with Gasteiger partial charge >= 0.3 is 17.9 Å². The van der Waals surface area contributed by atoms with E-state index < -0.39 is 78.9 Å². The molecule has 14 nitrogen and oxygen atoms in total. The summed E-state index contributed by atoms with van der Waals surface area (Å²) in [6.45, 7) is 3.93. The van der Waals surface area contributed by atoms with Gasteiger partial charge in [0.25, 0.3) is 0 Å². The van der Waals surface area contributed by atoms with Crippen molar-refractivity contribution in [1.82, 2.24) is 0 Å². The third kappa shape index (κ3) is 8.84. The second-order valence-corrected chi connectivity index (χ2v) is 12.2. The molecule has 14 heteroatoms. The van der Waals surface area contributed by atoms with Crippen molar-refractivity contribution in [2.24, 2.45) is 17.8 Å². The van der Waals surface area contributed by atoms with E-state index in [0.29, 0.717) is 17.6 Å². The van der Waals surface area contributed by atoms with Gasteiger partial charge in [0.05, 0.1) is 18.8 Å². The Morgan fingerprint density at radius 1 is 1.04 bits per heavy atom. The molecule has 3 aliphatic rings. The van der Waals surface area contributed by atoms with Crippen molar-refractivity contribution >= 4 is 24.0 Å². The number of carbonyl (C=O) groups excluding carboxylic acids is 3. The van der Waals surface area contributed by atoms with Gasteiger partial charge in [-0.3, -0.25) is 9.59 Å². The minimum absolute atomic E-state index is 0.0278. The van der Waals surface area contributed by atoms with Crippen LogP contribution in [0.5, 0.6) is 5.75 Å². The van der Waals surface area contributed by atoms with Crippen LogP contribution < -0.4 is 0 Å². The molecule has 2 heterocycles. The fourth-order valence-corrected chi connectivity index (χ4v) is 5.79. The highest BCUT2D eigenvalue weighted by Crippen LogP contribution is 2.49. The van der Waals surface area contributed by atoms with Crippen molar-refractivity contribution in [3.63, 3.8) is 0 Å². The molecular formula is C32H42O14. The Morgan fingerprint density at radius 2 is 1.76 bits per heavy atom. The molecule has 2 aliphatic heterocycles. The second kappa shape index (κ2) is 15.4. The van der Waals surface area contributed by atoms with Crippen molar-refractivity contribution in [3.05, 3.63) is 47.7 Å². The first-order valence-corrected chi connectivity index (χ1v) is 15.1. The van der Waals surface area contributed by atoms with Crippen molar-refractivity contribution in [2.45, 2.75) is 82.6 Å². The van der Waals surface area contributed by atoms with E-state index in [1.807, 2.05) is 13.8 Å². The number of aliphatic hydroxyl groups excluding tert-OH is 3. The number of fused-ring (bicyclic) bond motifs is 1. The monoisotopic (exact) mass is 650 g/mol. The number of ether oxygens (including phenoxy) is 6. The molecule has 254 valence electrons. The Labute approximate surface area is 266 Å². The molecule has 0 spiro atoms. The Kier molecular flexibility index (Phi) is 11.8. The third-order valence-electron chi connectivity index (χ3n) is 8.19. The summed E-state index contributed by atoms with van der Waals surface area (Å²) in [5.74, 6) is -2.99. The van der Waals surface area contributed by atoms with Crippen molar-refractivity contribution in [1.29, 1.82) is 0 Å². The van der Waals surface area contributed by atoms with Gasteiger partial charge in [-0.05, 0) is 54.0 Å². The number of carbonyl (C=O) groups is 3. The lowest BCUT2D eigenvalue weighted by Crippen LogP contribution is -2.59. The maximum Gasteiger partial charge on any atom is 0.330 e. The third-order valence-corrected chi connectivity index (χ3v) is 8.19. The summed E-state index contributed by atoms with van der Waals surface area (Å²) >= 11 is 0. The fourth-order valence-electron chi connectivity index (χ4n) is 5.79. The van der Waals surface area contributed by atoms with E-state index in [1.54, 1.807) is 12.1 Å². The first kappa shape index (κ1) is 35.3. The fraction of sp³-hybridized carbons (Fsp3) is 0.594. The molecule has 9 atom stereocenters. The normalized spacial score (nSPS) is 32.4. The number of aliphatic hydroxyl groups is 4. The average Bonchev–Trinajstić information content (AvgIpc) is 3.36. The van der Waals surface area contributed by atoms with Crippen molar-refractivity contribution < 1.29 is 68.3 Å². The van der Waals surface area contributed by atoms with Crippen LogP contribution in [0.3, 0.4) is 0 Å². The topological polar surface area (TPSA) is 208 Å². The summed E-state index contributed by atoms with van der Waals surface area (Å²) < 4.78 is 33.1. The molecule has 0 unspecified atom stereocenters. The largest absolute Gasteiger partial charge is 0.508 e. The molecule has 2 fully saturated rings. The highest BCUT2D eigenvalue weighted by atomic mass is 16.7. The van der Waals surface area contributed by atoms with Crippen LogP contribution in [0.2, 0.25) is 0 Å².